The van der Waals surface area contributed by atoms with E-state index in [2.05, 4.69) is 78.6 Å². The van der Waals surface area contributed by atoms with Crippen molar-refractivity contribution >= 4 is 27.3 Å². The summed E-state index contributed by atoms with van der Waals surface area (Å²) >= 11 is 5.40. The molecule has 1 heterocycles. The minimum Gasteiger partial charge on any atom is -0.303 e. The smallest absolute Gasteiger partial charge is 0.0402 e. The molecule has 0 aliphatic heterocycles. The summed E-state index contributed by atoms with van der Waals surface area (Å²) in [6, 6.07) is 9.49. The molecule has 0 aliphatic carbocycles. The molecule has 1 aromatic heterocycles. The highest BCUT2D eigenvalue weighted by Gasteiger charge is 2.15. The predicted molar refractivity (Wildman–Crippen MR) is 87.9 cm³/mol. The number of hydrogen-bond acceptors (Lipinski definition) is 2. The van der Waals surface area contributed by atoms with Crippen molar-refractivity contribution in [2.24, 2.45) is 0 Å². The van der Waals surface area contributed by atoms with Crippen LogP contribution in [0.3, 0.4) is 0 Å². The quantitative estimate of drug-likeness (QED) is 0.772. The van der Waals surface area contributed by atoms with Gasteiger partial charge in [0.1, 0.15) is 0 Å². The van der Waals surface area contributed by atoms with E-state index < -0.39 is 0 Å². The zero-order valence-corrected chi connectivity index (χ0v) is 14.2. The molecule has 0 bridgehead atoms. The van der Waals surface area contributed by atoms with Crippen molar-refractivity contribution in [3.63, 3.8) is 0 Å². The maximum absolute atomic E-state index is 3.68. The molecule has 2 unspecified atom stereocenters. The minimum atomic E-state index is 0.351. The molecule has 2 rings (SSSR count). The lowest BCUT2D eigenvalue weighted by Crippen LogP contribution is -2.22. The van der Waals surface area contributed by atoms with Gasteiger partial charge < -0.3 is 5.32 Å². The van der Waals surface area contributed by atoms with E-state index in [1.807, 2.05) is 0 Å². The number of aryl methyl sites for hydroxylation is 2. The first kappa shape index (κ1) is 14.8. The van der Waals surface area contributed by atoms with E-state index in [0.29, 0.717) is 12.1 Å². The second-order valence-corrected chi connectivity index (χ2v) is 6.90. The Kier molecular flexibility index (Phi) is 4.82. The van der Waals surface area contributed by atoms with E-state index in [4.69, 9.17) is 0 Å². The van der Waals surface area contributed by atoms with Crippen LogP contribution in [0.4, 0.5) is 0 Å². The Hall–Kier alpha value is -0.640. The molecule has 3 heteroatoms. The number of rotatable bonds is 4. The normalized spacial score (nSPS) is 14.4. The van der Waals surface area contributed by atoms with Crippen LogP contribution >= 0.6 is 27.3 Å². The van der Waals surface area contributed by atoms with Crippen LogP contribution in [-0.2, 0) is 0 Å². The molecule has 0 aliphatic rings. The zero-order valence-electron chi connectivity index (χ0n) is 11.8. The van der Waals surface area contributed by atoms with E-state index in [1.165, 1.54) is 26.0 Å². The third kappa shape index (κ3) is 3.47. The van der Waals surface area contributed by atoms with E-state index in [1.54, 1.807) is 11.3 Å². The first-order valence-corrected chi connectivity index (χ1v) is 8.22. The number of benzene rings is 1. The Labute approximate surface area is 128 Å². The van der Waals surface area contributed by atoms with Gasteiger partial charge >= 0.3 is 0 Å². The summed E-state index contributed by atoms with van der Waals surface area (Å²) in [5, 5.41) is 5.80. The van der Waals surface area contributed by atoms with Crippen LogP contribution in [0.5, 0.6) is 0 Å². The number of hydrogen-bond donors (Lipinski definition) is 1. The lowest BCUT2D eigenvalue weighted by Gasteiger charge is -2.21. The first-order chi connectivity index (χ1) is 8.99. The average Bonchev–Trinajstić information content (AvgIpc) is 2.75. The molecular weight excluding hydrogens is 318 g/mol. The van der Waals surface area contributed by atoms with E-state index >= 15 is 0 Å². The topological polar surface area (TPSA) is 12.0 Å². The van der Waals surface area contributed by atoms with Crippen LogP contribution in [0.15, 0.2) is 34.1 Å². The summed E-state index contributed by atoms with van der Waals surface area (Å²) in [4.78, 5) is 1.36. The Morgan fingerprint density at radius 1 is 1.11 bits per heavy atom. The first-order valence-electron chi connectivity index (χ1n) is 6.55. The van der Waals surface area contributed by atoms with Gasteiger partial charge in [0.2, 0.25) is 0 Å². The van der Waals surface area contributed by atoms with Gasteiger partial charge in [0.15, 0.2) is 0 Å². The average molecular weight is 338 g/mol. The van der Waals surface area contributed by atoms with Crippen molar-refractivity contribution in [1.29, 1.82) is 0 Å². The van der Waals surface area contributed by atoms with Crippen LogP contribution in [0, 0.1) is 13.8 Å². The Morgan fingerprint density at radius 3 is 2.42 bits per heavy atom. The van der Waals surface area contributed by atoms with Crippen LogP contribution in [-0.4, -0.2) is 0 Å². The molecule has 0 amide bonds. The molecule has 0 spiro atoms. The van der Waals surface area contributed by atoms with Crippen molar-refractivity contribution in [1.82, 2.24) is 5.32 Å². The van der Waals surface area contributed by atoms with E-state index in [-0.39, 0.29) is 0 Å². The van der Waals surface area contributed by atoms with Gasteiger partial charge in [-0.25, -0.2) is 0 Å². The van der Waals surface area contributed by atoms with Crippen LogP contribution in [0.25, 0.3) is 0 Å². The monoisotopic (exact) mass is 337 g/mol. The van der Waals surface area contributed by atoms with Crippen LogP contribution < -0.4 is 5.32 Å². The lowest BCUT2D eigenvalue weighted by atomic mass is 9.99. The summed E-state index contributed by atoms with van der Waals surface area (Å²) in [6.45, 7) is 8.78. The van der Waals surface area contributed by atoms with Crippen LogP contribution in [0.1, 0.15) is 47.5 Å². The van der Waals surface area contributed by atoms with Crippen molar-refractivity contribution in [3.8, 4) is 0 Å². The standard InChI is InChI=1S/C16H20BrNS/c1-10-5-6-14(11(2)9-10)12(3)18-13(4)16-15(17)7-8-19-16/h5-9,12-13,18H,1-4H3. The summed E-state index contributed by atoms with van der Waals surface area (Å²) in [5.41, 5.74) is 4.06. The molecule has 1 aromatic carbocycles. The van der Waals surface area contributed by atoms with Gasteiger partial charge in [-0.2, -0.15) is 0 Å². The number of thiophene rings is 1. The fraction of sp³-hybridized carbons (Fsp3) is 0.375. The summed E-state index contributed by atoms with van der Waals surface area (Å²) in [5.74, 6) is 0. The minimum absolute atomic E-state index is 0.351. The lowest BCUT2D eigenvalue weighted by molar-refractivity contribution is 0.497. The molecule has 0 saturated carbocycles. The van der Waals surface area contributed by atoms with Gasteiger partial charge in [0.25, 0.3) is 0 Å². The molecule has 1 nitrogen and oxygen atoms in total. The third-order valence-corrected chi connectivity index (χ3v) is 5.48. The SMILES string of the molecule is Cc1ccc(C(C)NC(C)c2sccc2Br)c(C)c1. The summed E-state index contributed by atoms with van der Waals surface area (Å²) in [6.07, 6.45) is 0. The molecule has 2 aromatic rings. The Morgan fingerprint density at radius 2 is 1.84 bits per heavy atom. The maximum Gasteiger partial charge on any atom is 0.0402 e. The highest BCUT2D eigenvalue weighted by Crippen LogP contribution is 2.30. The van der Waals surface area contributed by atoms with Gasteiger partial charge in [-0.05, 0) is 66.2 Å². The van der Waals surface area contributed by atoms with Gasteiger partial charge in [-0.1, -0.05) is 23.8 Å². The molecule has 0 radical (unpaired) electrons. The van der Waals surface area contributed by atoms with Crippen molar-refractivity contribution < 1.29 is 0 Å². The predicted octanol–water partition coefficient (Wildman–Crippen LogP) is 5.54. The molecular formula is C16H20BrNS. The summed E-state index contributed by atoms with van der Waals surface area (Å²) in [7, 11) is 0. The molecule has 0 fully saturated rings. The number of halogens is 1. The molecule has 1 N–H and O–H groups in total. The molecule has 19 heavy (non-hydrogen) atoms. The largest absolute Gasteiger partial charge is 0.303 e. The molecule has 0 saturated heterocycles. The van der Waals surface area contributed by atoms with E-state index in [9.17, 15) is 0 Å². The van der Waals surface area contributed by atoms with Gasteiger partial charge in [-0.15, -0.1) is 11.3 Å². The highest BCUT2D eigenvalue weighted by atomic mass is 79.9. The second kappa shape index (κ2) is 6.21. The fourth-order valence-corrected chi connectivity index (χ4v) is 4.20. The maximum atomic E-state index is 3.68. The van der Waals surface area contributed by atoms with Crippen molar-refractivity contribution in [2.75, 3.05) is 0 Å². The second-order valence-electron chi connectivity index (χ2n) is 5.10. The highest BCUT2D eigenvalue weighted by molar-refractivity contribution is 9.10. The van der Waals surface area contributed by atoms with Gasteiger partial charge in [0.05, 0.1) is 0 Å². The summed E-state index contributed by atoms with van der Waals surface area (Å²) < 4.78 is 1.20. The number of nitrogens with one attached hydrogen (secondary N) is 1. The van der Waals surface area contributed by atoms with Gasteiger partial charge in [0, 0.05) is 21.4 Å². The van der Waals surface area contributed by atoms with E-state index in [0.717, 1.165) is 0 Å². The Balaban J connectivity index is 2.13. The fourth-order valence-electron chi connectivity index (χ4n) is 2.47. The van der Waals surface area contributed by atoms with Crippen molar-refractivity contribution in [3.05, 3.63) is 55.7 Å². The molecule has 102 valence electrons. The zero-order chi connectivity index (χ0) is 14.0. The van der Waals surface area contributed by atoms with Gasteiger partial charge in [-0.3, -0.25) is 0 Å². The van der Waals surface area contributed by atoms with Crippen molar-refractivity contribution in [2.45, 2.75) is 39.8 Å². The Bertz CT molecular complexity index is 562. The third-order valence-electron chi connectivity index (χ3n) is 3.43. The molecule has 2 atom stereocenters. The van der Waals surface area contributed by atoms with Crippen LogP contribution in [0.2, 0.25) is 0 Å².